The molecule has 1 aliphatic rings. The fourth-order valence-electron chi connectivity index (χ4n) is 5.10. The van der Waals surface area contributed by atoms with Crippen molar-refractivity contribution >= 4 is 11.8 Å². The molecule has 0 bridgehead atoms. The van der Waals surface area contributed by atoms with Crippen LogP contribution in [-0.4, -0.2) is 41.0 Å². The zero-order valence-corrected chi connectivity index (χ0v) is 23.4. The van der Waals surface area contributed by atoms with E-state index in [-0.39, 0.29) is 34.8 Å². The summed E-state index contributed by atoms with van der Waals surface area (Å²) in [6.07, 6.45) is 10.7. The number of hydrogen-bond donors (Lipinski definition) is 2. The van der Waals surface area contributed by atoms with E-state index in [4.69, 9.17) is 6.42 Å². The van der Waals surface area contributed by atoms with E-state index in [1.54, 1.807) is 36.4 Å². The summed E-state index contributed by atoms with van der Waals surface area (Å²) >= 11 is 0. The molecule has 1 saturated heterocycles. The maximum atomic E-state index is 13.7. The van der Waals surface area contributed by atoms with E-state index in [0.717, 1.165) is 23.1 Å². The minimum Gasteiger partial charge on any atom is -0.508 e. The van der Waals surface area contributed by atoms with Crippen LogP contribution in [0, 0.1) is 29.6 Å². The monoisotopic (exact) mass is 512 g/mol. The molecule has 5 heteroatoms. The van der Waals surface area contributed by atoms with E-state index < -0.39 is 6.04 Å². The van der Waals surface area contributed by atoms with Crippen LogP contribution in [0.15, 0.2) is 71.8 Å². The van der Waals surface area contributed by atoms with Crippen LogP contribution in [-0.2, 0) is 4.79 Å². The third kappa shape index (κ3) is 6.95. The maximum Gasteiger partial charge on any atom is 0.251 e. The topological polar surface area (TPSA) is 69.6 Å². The summed E-state index contributed by atoms with van der Waals surface area (Å²) in [5, 5.41) is 12.8. The summed E-state index contributed by atoms with van der Waals surface area (Å²) in [4.78, 5) is 28.8. The Morgan fingerprint density at radius 2 is 1.76 bits per heavy atom. The van der Waals surface area contributed by atoms with Gasteiger partial charge < -0.3 is 15.3 Å². The second-order valence-electron chi connectivity index (χ2n) is 11.4. The predicted octanol–water partition coefficient (Wildman–Crippen LogP) is 6.21. The first-order valence-electron chi connectivity index (χ1n) is 13.2. The van der Waals surface area contributed by atoms with Gasteiger partial charge in [-0.3, -0.25) is 9.59 Å². The molecule has 1 aliphatic heterocycles. The highest BCUT2D eigenvalue weighted by Crippen LogP contribution is 2.40. The van der Waals surface area contributed by atoms with E-state index in [0.29, 0.717) is 18.7 Å². The number of piperidine rings is 1. The average molecular weight is 513 g/mol. The van der Waals surface area contributed by atoms with Gasteiger partial charge in [0.2, 0.25) is 5.91 Å². The lowest BCUT2D eigenvalue weighted by Gasteiger charge is -2.45. The van der Waals surface area contributed by atoms with Crippen LogP contribution in [0.4, 0.5) is 0 Å². The van der Waals surface area contributed by atoms with Gasteiger partial charge in [-0.2, -0.15) is 0 Å². The van der Waals surface area contributed by atoms with Gasteiger partial charge in [-0.05, 0) is 67.0 Å². The maximum absolute atomic E-state index is 13.7. The van der Waals surface area contributed by atoms with E-state index in [9.17, 15) is 14.7 Å². The number of phenolic OH excluding ortho intramolecular Hbond substituents is 1. The Morgan fingerprint density at radius 3 is 2.34 bits per heavy atom. The third-order valence-electron chi connectivity index (χ3n) is 7.20. The van der Waals surface area contributed by atoms with Gasteiger partial charge in [-0.25, -0.2) is 0 Å². The van der Waals surface area contributed by atoms with Crippen LogP contribution in [0.1, 0.15) is 58.3 Å². The smallest absolute Gasteiger partial charge is 0.251 e. The number of amides is 2. The number of carbonyl (C=O) groups excluding carboxylic acids is 2. The van der Waals surface area contributed by atoms with E-state index in [2.05, 4.69) is 25.1 Å². The number of likely N-dealkylation sites (tertiary alicyclic amines) is 1. The Hall–Kier alpha value is -3.78. The zero-order valence-electron chi connectivity index (χ0n) is 23.4. The number of allylic oxidation sites excluding steroid dienone is 4. The normalized spacial score (nSPS) is 17.9. The molecule has 1 heterocycles. The Labute approximate surface area is 227 Å². The van der Waals surface area contributed by atoms with Crippen LogP contribution in [0.5, 0.6) is 5.75 Å². The van der Waals surface area contributed by atoms with Gasteiger partial charge in [0.05, 0.1) is 0 Å². The number of benzene rings is 2. The second-order valence-corrected chi connectivity index (χ2v) is 11.4. The zero-order chi connectivity index (χ0) is 28.0. The SMILES string of the molecule is C#C/C(=C\C=C(C)C)[C@H]1CCN(C(=O)[C@H](NC(=O)c2cccc(-c3cccc(O)c3)c2)C(C)C)CC1(C)C. The predicted molar refractivity (Wildman–Crippen MR) is 154 cm³/mol. The second kappa shape index (κ2) is 12.2. The van der Waals surface area contributed by atoms with Gasteiger partial charge in [0.1, 0.15) is 11.8 Å². The summed E-state index contributed by atoms with van der Waals surface area (Å²) in [5.41, 5.74) is 4.03. The van der Waals surface area contributed by atoms with E-state index >= 15 is 0 Å². The molecule has 0 unspecified atom stereocenters. The first-order chi connectivity index (χ1) is 17.9. The van der Waals surface area contributed by atoms with Crippen molar-refractivity contribution in [2.24, 2.45) is 17.3 Å². The van der Waals surface area contributed by atoms with Crippen molar-refractivity contribution in [2.75, 3.05) is 13.1 Å². The van der Waals surface area contributed by atoms with Gasteiger partial charge in [-0.1, -0.05) is 75.6 Å². The molecule has 2 N–H and O–H groups in total. The highest BCUT2D eigenvalue weighted by atomic mass is 16.3. The molecular weight excluding hydrogens is 472 g/mol. The van der Waals surface area contributed by atoms with Crippen molar-refractivity contribution in [3.63, 3.8) is 0 Å². The minimum atomic E-state index is -0.646. The van der Waals surface area contributed by atoms with Crippen molar-refractivity contribution in [1.29, 1.82) is 0 Å². The van der Waals surface area contributed by atoms with Gasteiger partial charge in [0.15, 0.2) is 0 Å². The van der Waals surface area contributed by atoms with Crippen molar-refractivity contribution < 1.29 is 14.7 Å². The lowest BCUT2D eigenvalue weighted by molar-refractivity contribution is -0.138. The molecule has 2 amide bonds. The first-order valence-corrected chi connectivity index (χ1v) is 13.2. The van der Waals surface area contributed by atoms with Crippen LogP contribution < -0.4 is 5.32 Å². The summed E-state index contributed by atoms with van der Waals surface area (Å²) in [6.45, 7) is 13.4. The van der Waals surface area contributed by atoms with E-state index in [1.807, 2.05) is 56.9 Å². The molecule has 0 aliphatic carbocycles. The minimum absolute atomic E-state index is 0.0699. The van der Waals surface area contributed by atoms with Gasteiger partial charge >= 0.3 is 0 Å². The van der Waals surface area contributed by atoms with Gasteiger partial charge in [0, 0.05) is 30.1 Å². The fraction of sp³-hybridized carbons (Fsp3) is 0.394. The summed E-state index contributed by atoms with van der Waals surface area (Å²) in [7, 11) is 0. The van der Waals surface area contributed by atoms with Crippen LogP contribution >= 0.6 is 0 Å². The molecule has 0 spiro atoms. The highest BCUT2D eigenvalue weighted by molar-refractivity contribution is 5.98. The Balaban J connectivity index is 1.76. The quantitative estimate of drug-likeness (QED) is 0.342. The highest BCUT2D eigenvalue weighted by Gasteiger charge is 2.41. The van der Waals surface area contributed by atoms with Crippen molar-refractivity contribution in [3.8, 4) is 29.2 Å². The molecule has 2 atom stereocenters. The molecule has 2 aromatic carbocycles. The molecule has 0 radical (unpaired) electrons. The lowest BCUT2D eigenvalue weighted by atomic mass is 9.70. The number of phenols is 1. The number of aromatic hydroxyl groups is 1. The summed E-state index contributed by atoms with van der Waals surface area (Å²) in [6, 6.07) is 13.5. The summed E-state index contributed by atoms with van der Waals surface area (Å²) < 4.78 is 0. The first kappa shape index (κ1) is 28.8. The number of terminal acetylenes is 1. The molecule has 3 rings (SSSR count). The molecule has 0 saturated carbocycles. The average Bonchev–Trinajstić information content (AvgIpc) is 2.87. The van der Waals surface area contributed by atoms with Gasteiger partial charge in [0.25, 0.3) is 5.91 Å². The van der Waals surface area contributed by atoms with Gasteiger partial charge in [-0.15, -0.1) is 6.42 Å². The standard InChI is InChI=1S/C33H40N2O3/c1-8-24(16-15-22(2)3)29-17-18-35(21-33(29,6)7)32(38)30(23(4)5)34-31(37)27-13-9-11-25(19-27)26-12-10-14-28(36)20-26/h1,9-16,19-20,23,29-30,36H,17-18,21H2,2-7H3,(H,34,37)/b24-16+/t29-,30-/m1/s1. The number of hydrogen-bond acceptors (Lipinski definition) is 3. The molecule has 2 aromatic rings. The molecule has 38 heavy (non-hydrogen) atoms. The van der Waals surface area contributed by atoms with Crippen LogP contribution in [0.25, 0.3) is 11.1 Å². The molecule has 1 fully saturated rings. The number of nitrogens with one attached hydrogen (secondary N) is 1. The van der Waals surface area contributed by atoms with Crippen LogP contribution in [0.3, 0.4) is 0 Å². The summed E-state index contributed by atoms with van der Waals surface area (Å²) in [5.74, 6) is 2.77. The molecule has 200 valence electrons. The number of carbonyl (C=O) groups is 2. The van der Waals surface area contributed by atoms with Crippen molar-refractivity contribution in [2.45, 2.75) is 54.0 Å². The number of rotatable bonds is 7. The molecule has 5 nitrogen and oxygen atoms in total. The Kier molecular flexibility index (Phi) is 9.22. The largest absolute Gasteiger partial charge is 0.508 e. The molecular formula is C33H40N2O3. The van der Waals surface area contributed by atoms with Crippen molar-refractivity contribution in [3.05, 3.63) is 77.4 Å². The number of nitrogens with zero attached hydrogens (tertiary/aromatic N) is 1. The third-order valence-corrected chi connectivity index (χ3v) is 7.20. The van der Waals surface area contributed by atoms with Crippen LogP contribution in [0.2, 0.25) is 0 Å². The van der Waals surface area contributed by atoms with E-state index in [1.165, 1.54) is 5.57 Å². The fourth-order valence-corrected chi connectivity index (χ4v) is 5.10. The van der Waals surface area contributed by atoms with Crippen molar-refractivity contribution in [1.82, 2.24) is 10.2 Å². The molecule has 0 aromatic heterocycles. The lowest BCUT2D eigenvalue weighted by Crippen LogP contribution is -2.56. The Bertz CT molecular complexity index is 1280. The Morgan fingerprint density at radius 1 is 1.11 bits per heavy atom.